The zero-order valence-electron chi connectivity index (χ0n) is 13.0. The number of aromatic hydroxyl groups is 2. The minimum absolute atomic E-state index is 0.0374. The number of halogens is 1. The van der Waals surface area contributed by atoms with Crippen molar-refractivity contribution < 1.29 is 15.0 Å². The second-order valence-electron chi connectivity index (χ2n) is 6.00. The van der Waals surface area contributed by atoms with Gasteiger partial charge in [-0.1, -0.05) is 22.7 Å². The Morgan fingerprint density at radius 3 is 2.17 bits per heavy atom. The predicted molar refractivity (Wildman–Crippen MR) is 90.4 cm³/mol. The van der Waals surface area contributed by atoms with Crippen LogP contribution >= 0.6 is 11.6 Å². The molecule has 2 aromatic rings. The highest BCUT2D eigenvalue weighted by Gasteiger charge is 2.25. The van der Waals surface area contributed by atoms with Crippen molar-refractivity contribution in [2.24, 2.45) is 0 Å². The predicted octanol–water partition coefficient (Wildman–Crippen LogP) is 4.42. The van der Waals surface area contributed by atoms with Gasteiger partial charge in [-0.3, -0.25) is 4.79 Å². The van der Waals surface area contributed by atoms with E-state index in [1.54, 1.807) is 24.3 Å². The summed E-state index contributed by atoms with van der Waals surface area (Å²) in [4.78, 5) is 12.6. The van der Waals surface area contributed by atoms with Crippen molar-refractivity contribution in [3.63, 3.8) is 0 Å². The summed E-state index contributed by atoms with van der Waals surface area (Å²) in [5.74, 6) is -0.312. The number of rotatable bonds is 2. The fourth-order valence-electron chi connectivity index (χ4n) is 2.90. The lowest BCUT2D eigenvalue weighted by Crippen LogP contribution is -2.10. The van der Waals surface area contributed by atoms with Gasteiger partial charge >= 0.3 is 0 Å². The summed E-state index contributed by atoms with van der Waals surface area (Å²) in [5.41, 5.74) is 4.23. The van der Waals surface area contributed by atoms with Gasteiger partial charge in [0.15, 0.2) is 5.78 Å². The van der Waals surface area contributed by atoms with Crippen molar-refractivity contribution in [3.05, 3.63) is 68.8 Å². The van der Waals surface area contributed by atoms with Gasteiger partial charge in [-0.15, -0.1) is 0 Å². The number of allylic oxidation sites excluding steroid dienone is 2. The summed E-state index contributed by atoms with van der Waals surface area (Å²) in [6.07, 6.45) is 1.14. The van der Waals surface area contributed by atoms with Crippen LogP contribution in [0.15, 0.2) is 41.5 Å². The Kier molecular flexibility index (Phi) is 3.90. The molecule has 0 amide bonds. The Morgan fingerprint density at radius 2 is 1.57 bits per heavy atom. The first kappa shape index (κ1) is 15.6. The SMILES string of the molecule is CC1=C(C)Cc2c(O)c(C(=O)c3ccc(Cl)cc3)cc(O)c2C1. The minimum Gasteiger partial charge on any atom is -0.508 e. The van der Waals surface area contributed by atoms with E-state index in [4.69, 9.17) is 11.6 Å². The van der Waals surface area contributed by atoms with Crippen LogP contribution in [0.5, 0.6) is 11.5 Å². The lowest BCUT2D eigenvalue weighted by Gasteiger charge is -2.22. The molecule has 0 radical (unpaired) electrons. The van der Waals surface area contributed by atoms with Crippen molar-refractivity contribution in [2.75, 3.05) is 0 Å². The first-order chi connectivity index (χ1) is 10.9. The van der Waals surface area contributed by atoms with Crippen LogP contribution in [0, 0.1) is 0 Å². The van der Waals surface area contributed by atoms with E-state index in [-0.39, 0.29) is 22.8 Å². The minimum atomic E-state index is -0.332. The molecular formula is C19H17ClO3. The Morgan fingerprint density at radius 1 is 1.00 bits per heavy atom. The number of hydrogen-bond donors (Lipinski definition) is 2. The molecule has 0 aliphatic heterocycles. The molecule has 0 heterocycles. The molecule has 4 heteroatoms. The normalized spacial score (nSPS) is 13.9. The summed E-state index contributed by atoms with van der Waals surface area (Å²) >= 11 is 5.84. The van der Waals surface area contributed by atoms with Crippen LogP contribution in [0.4, 0.5) is 0 Å². The molecule has 3 rings (SSSR count). The molecule has 0 spiro atoms. The Labute approximate surface area is 139 Å². The van der Waals surface area contributed by atoms with E-state index in [1.165, 1.54) is 11.6 Å². The molecule has 1 aliphatic rings. The summed E-state index contributed by atoms with van der Waals surface area (Å²) in [6, 6.07) is 7.82. The van der Waals surface area contributed by atoms with Gasteiger partial charge < -0.3 is 10.2 Å². The quantitative estimate of drug-likeness (QED) is 0.487. The third-order valence-electron chi connectivity index (χ3n) is 4.46. The Balaban J connectivity index is 2.09. The van der Waals surface area contributed by atoms with E-state index < -0.39 is 0 Å². The molecule has 2 aromatic carbocycles. The lowest BCUT2D eigenvalue weighted by atomic mass is 9.84. The first-order valence-electron chi connectivity index (χ1n) is 7.40. The van der Waals surface area contributed by atoms with Gasteiger partial charge in [0, 0.05) is 21.7 Å². The molecule has 0 fully saturated rings. The van der Waals surface area contributed by atoms with Crippen molar-refractivity contribution >= 4 is 17.4 Å². The average molecular weight is 329 g/mol. The van der Waals surface area contributed by atoms with E-state index in [0.29, 0.717) is 34.6 Å². The van der Waals surface area contributed by atoms with Crippen molar-refractivity contribution in [1.82, 2.24) is 0 Å². The third kappa shape index (κ3) is 2.73. The highest BCUT2D eigenvalue weighted by Crippen LogP contribution is 2.40. The second kappa shape index (κ2) is 5.74. The maximum Gasteiger partial charge on any atom is 0.196 e. The van der Waals surface area contributed by atoms with Crippen LogP contribution in [0.2, 0.25) is 5.02 Å². The topological polar surface area (TPSA) is 57.5 Å². The Bertz CT molecular complexity index is 833. The third-order valence-corrected chi connectivity index (χ3v) is 4.71. The average Bonchev–Trinajstić information content (AvgIpc) is 2.53. The summed E-state index contributed by atoms with van der Waals surface area (Å²) in [7, 11) is 0. The number of carbonyl (C=O) groups is 1. The first-order valence-corrected chi connectivity index (χ1v) is 7.78. The molecule has 118 valence electrons. The van der Waals surface area contributed by atoms with Crippen LogP contribution in [-0.2, 0) is 12.8 Å². The fraction of sp³-hybridized carbons (Fsp3) is 0.211. The zero-order valence-corrected chi connectivity index (χ0v) is 13.7. The van der Waals surface area contributed by atoms with Crippen molar-refractivity contribution in [2.45, 2.75) is 26.7 Å². The van der Waals surface area contributed by atoms with E-state index in [9.17, 15) is 15.0 Å². The monoisotopic (exact) mass is 328 g/mol. The molecular weight excluding hydrogens is 312 g/mol. The Hall–Kier alpha value is -2.26. The molecule has 1 aliphatic carbocycles. The standard InChI is InChI=1S/C19H17ClO3/c1-10-7-14-15(8-11(10)2)19(23)16(9-17(14)21)18(22)12-3-5-13(20)6-4-12/h3-6,9,21,23H,7-8H2,1-2H3. The van der Waals surface area contributed by atoms with Crippen molar-refractivity contribution in [1.29, 1.82) is 0 Å². The largest absolute Gasteiger partial charge is 0.508 e. The summed E-state index contributed by atoms with van der Waals surface area (Å²) in [6.45, 7) is 4.02. The number of benzene rings is 2. The van der Waals surface area contributed by atoms with Gasteiger partial charge in [-0.2, -0.15) is 0 Å². The number of phenols is 2. The molecule has 0 unspecified atom stereocenters. The smallest absolute Gasteiger partial charge is 0.196 e. The van der Waals surface area contributed by atoms with Crippen LogP contribution in [-0.4, -0.2) is 16.0 Å². The van der Waals surface area contributed by atoms with E-state index in [1.807, 2.05) is 13.8 Å². The molecule has 23 heavy (non-hydrogen) atoms. The summed E-state index contributed by atoms with van der Waals surface area (Å²) < 4.78 is 0. The van der Waals surface area contributed by atoms with Crippen LogP contribution in [0.1, 0.15) is 40.9 Å². The summed E-state index contributed by atoms with van der Waals surface area (Å²) in [5, 5.41) is 21.4. The molecule has 0 saturated heterocycles. The molecule has 2 N–H and O–H groups in total. The number of phenolic OH excluding ortho intramolecular Hbond substituents is 2. The lowest BCUT2D eigenvalue weighted by molar-refractivity contribution is 0.103. The highest BCUT2D eigenvalue weighted by molar-refractivity contribution is 6.30. The molecule has 3 nitrogen and oxygen atoms in total. The zero-order chi connectivity index (χ0) is 16.7. The number of ketones is 1. The van der Waals surface area contributed by atoms with Crippen molar-refractivity contribution in [3.8, 4) is 11.5 Å². The van der Waals surface area contributed by atoms with Gasteiger partial charge in [0.05, 0.1) is 5.56 Å². The van der Waals surface area contributed by atoms with Gasteiger partial charge in [0.2, 0.25) is 0 Å². The highest BCUT2D eigenvalue weighted by atomic mass is 35.5. The van der Waals surface area contributed by atoms with Gasteiger partial charge in [-0.25, -0.2) is 0 Å². The molecule has 0 atom stereocenters. The maximum absolute atomic E-state index is 12.6. The van der Waals surface area contributed by atoms with Gasteiger partial charge in [-0.05, 0) is 57.0 Å². The molecule has 0 aromatic heterocycles. The number of fused-ring (bicyclic) bond motifs is 1. The maximum atomic E-state index is 12.6. The van der Waals surface area contributed by atoms with E-state index in [2.05, 4.69) is 0 Å². The number of carbonyl (C=O) groups excluding carboxylic acids is 1. The van der Waals surface area contributed by atoms with E-state index >= 15 is 0 Å². The van der Waals surface area contributed by atoms with E-state index in [0.717, 1.165) is 5.57 Å². The fourth-order valence-corrected chi connectivity index (χ4v) is 3.03. The molecule has 0 saturated carbocycles. The van der Waals surface area contributed by atoms with Crippen LogP contribution in [0.25, 0.3) is 0 Å². The second-order valence-corrected chi connectivity index (χ2v) is 6.44. The van der Waals surface area contributed by atoms with Gasteiger partial charge in [0.1, 0.15) is 11.5 Å². The molecule has 0 bridgehead atoms. The van der Waals surface area contributed by atoms with Crippen LogP contribution < -0.4 is 0 Å². The van der Waals surface area contributed by atoms with Crippen LogP contribution in [0.3, 0.4) is 0 Å². The van der Waals surface area contributed by atoms with Gasteiger partial charge in [0.25, 0.3) is 0 Å². The number of hydrogen-bond acceptors (Lipinski definition) is 3.